The molecule has 0 atom stereocenters. The van der Waals surface area contributed by atoms with Gasteiger partial charge in [-0.25, -0.2) is 0 Å². The van der Waals surface area contributed by atoms with E-state index in [9.17, 15) is 0 Å². The lowest BCUT2D eigenvalue weighted by Gasteiger charge is -2.22. The zero-order chi connectivity index (χ0) is 13.9. The monoisotopic (exact) mass is 275 g/mol. The number of rotatable bonds is 5. The van der Waals surface area contributed by atoms with E-state index in [0.29, 0.717) is 29.7 Å². The van der Waals surface area contributed by atoms with Gasteiger partial charge in [0, 0.05) is 19.5 Å². The van der Waals surface area contributed by atoms with Crippen LogP contribution in [0, 0.1) is 0 Å². The summed E-state index contributed by atoms with van der Waals surface area (Å²) in [7, 11) is 3.24. The van der Waals surface area contributed by atoms with Crippen LogP contribution in [0.2, 0.25) is 0 Å². The van der Waals surface area contributed by atoms with Gasteiger partial charge in [-0.1, -0.05) is 11.2 Å². The van der Waals surface area contributed by atoms with Crippen LogP contribution in [0.1, 0.15) is 23.2 Å². The molecule has 1 saturated heterocycles. The highest BCUT2D eigenvalue weighted by Crippen LogP contribution is 2.28. The number of hydrogen-bond donors (Lipinski definition) is 1. The van der Waals surface area contributed by atoms with Crippen LogP contribution in [0.25, 0.3) is 0 Å². The Morgan fingerprint density at radius 2 is 2.05 bits per heavy atom. The first-order valence-corrected chi connectivity index (χ1v) is 6.54. The molecule has 0 radical (unpaired) electrons. The summed E-state index contributed by atoms with van der Waals surface area (Å²) < 4.78 is 15.8. The molecule has 1 aromatic heterocycles. The number of aromatic nitrogens is 2. The number of nitrogens with zero attached hydrogens (tertiary/aromatic N) is 2. The van der Waals surface area contributed by atoms with Crippen LogP contribution < -0.4 is 14.8 Å². The van der Waals surface area contributed by atoms with Gasteiger partial charge in [-0.2, -0.15) is 4.98 Å². The Hall–Kier alpha value is -2.08. The number of nitrogens with one attached hydrogen (secondary N) is 1. The molecule has 2 heterocycles. The Balaban J connectivity index is 1.75. The standard InChI is InChI=1S/C14H17N3O3/c1-18-11-4-3-9(5-12(11)19-2)6-13-16-14(20-17-13)10-7-15-8-10/h3-5,10,15H,6-8H2,1-2H3. The van der Waals surface area contributed by atoms with E-state index in [-0.39, 0.29) is 0 Å². The van der Waals surface area contributed by atoms with Crippen molar-refractivity contribution < 1.29 is 14.0 Å². The van der Waals surface area contributed by atoms with E-state index in [4.69, 9.17) is 14.0 Å². The Kier molecular flexibility index (Phi) is 3.56. The Morgan fingerprint density at radius 1 is 1.25 bits per heavy atom. The lowest BCUT2D eigenvalue weighted by molar-refractivity contribution is 0.306. The van der Waals surface area contributed by atoms with Gasteiger partial charge in [-0.3, -0.25) is 0 Å². The summed E-state index contributed by atoms with van der Waals surface area (Å²) >= 11 is 0. The molecule has 0 unspecified atom stereocenters. The van der Waals surface area contributed by atoms with E-state index in [2.05, 4.69) is 15.5 Å². The second-order valence-corrected chi connectivity index (χ2v) is 4.77. The highest BCUT2D eigenvalue weighted by molar-refractivity contribution is 5.43. The molecule has 0 spiro atoms. The number of ether oxygens (including phenoxy) is 2. The van der Waals surface area contributed by atoms with E-state index >= 15 is 0 Å². The molecule has 1 aliphatic heterocycles. The predicted molar refractivity (Wildman–Crippen MR) is 72.3 cm³/mol. The molecule has 0 aliphatic carbocycles. The van der Waals surface area contributed by atoms with Gasteiger partial charge in [0.25, 0.3) is 0 Å². The van der Waals surface area contributed by atoms with Crippen molar-refractivity contribution >= 4 is 0 Å². The summed E-state index contributed by atoms with van der Waals surface area (Å²) in [6.45, 7) is 1.83. The van der Waals surface area contributed by atoms with E-state index in [0.717, 1.165) is 24.5 Å². The third-order valence-corrected chi connectivity index (χ3v) is 3.42. The van der Waals surface area contributed by atoms with Crippen molar-refractivity contribution in [3.8, 4) is 11.5 Å². The first kappa shape index (κ1) is 12.9. The lowest BCUT2D eigenvalue weighted by atomic mass is 10.0. The van der Waals surface area contributed by atoms with E-state index in [1.165, 1.54) is 0 Å². The molecule has 1 aromatic carbocycles. The maximum Gasteiger partial charge on any atom is 0.232 e. The highest BCUT2D eigenvalue weighted by atomic mass is 16.5. The second-order valence-electron chi connectivity index (χ2n) is 4.77. The summed E-state index contributed by atoms with van der Waals surface area (Å²) in [5.41, 5.74) is 1.06. The lowest BCUT2D eigenvalue weighted by Crippen LogP contribution is -2.40. The average Bonchev–Trinajstić information content (AvgIpc) is 2.84. The molecule has 6 nitrogen and oxygen atoms in total. The van der Waals surface area contributed by atoms with Crippen molar-refractivity contribution in [2.45, 2.75) is 12.3 Å². The SMILES string of the molecule is COc1ccc(Cc2noc(C3CNC3)n2)cc1OC. The summed E-state index contributed by atoms with van der Waals surface area (Å²) in [5.74, 6) is 3.20. The molecule has 0 bridgehead atoms. The van der Waals surface area contributed by atoms with Crippen molar-refractivity contribution in [3.63, 3.8) is 0 Å². The van der Waals surface area contributed by atoms with Crippen LogP contribution in [0.3, 0.4) is 0 Å². The van der Waals surface area contributed by atoms with E-state index in [1.54, 1.807) is 14.2 Å². The Morgan fingerprint density at radius 3 is 2.70 bits per heavy atom. The molecule has 1 fully saturated rings. The van der Waals surface area contributed by atoms with Crippen LogP contribution in [0.15, 0.2) is 22.7 Å². The molecule has 106 valence electrons. The fourth-order valence-electron chi connectivity index (χ4n) is 2.14. The van der Waals surface area contributed by atoms with Gasteiger partial charge in [-0.05, 0) is 17.7 Å². The van der Waals surface area contributed by atoms with Crippen LogP contribution >= 0.6 is 0 Å². The van der Waals surface area contributed by atoms with Gasteiger partial charge in [0.2, 0.25) is 5.89 Å². The third kappa shape index (κ3) is 2.46. The molecule has 20 heavy (non-hydrogen) atoms. The van der Waals surface area contributed by atoms with Gasteiger partial charge < -0.3 is 19.3 Å². The maximum atomic E-state index is 5.29. The number of hydrogen-bond acceptors (Lipinski definition) is 6. The topological polar surface area (TPSA) is 69.4 Å². The summed E-state index contributed by atoms with van der Waals surface area (Å²) in [6, 6.07) is 5.78. The minimum absolute atomic E-state index is 0.363. The van der Waals surface area contributed by atoms with Gasteiger partial charge in [0.15, 0.2) is 17.3 Å². The zero-order valence-electron chi connectivity index (χ0n) is 11.5. The molecule has 0 saturated carbocycles. The maximum absolute atomic E-state index is 5.29. The van der Waals surface area contributed by atoms with Crippen molar-refractivity contribution in [1.29, 1.82) is 0 Å². The third-order valence-electron chi connectivity index (χ3n) is 3.42. The van der Waals surface area contributed by atoms with Gasteiger partial charge in [0.1, 0.15) is 0 Å². The molecular weight excluding hydrogens is 258 g/mol. The van der Waals surface area contributed by atoms with Gasteiger partial charge in [-0.15, -0.1) is 0 Å². The quantitative estimate of drug-likeness (QED) is 0.888. The second kappa shape index (κ2) is 5.50. The van der Waals surface area contributed by atoms with Crippen LogP contribution in [0.5, 0.6) is 11.5 Å². The Labute approximate surface area is 117 Å². The fourth-order valence-corrected chi connectivity index (χ4v) is 2.14. The first-order valence-electron chi connectivity index (χ1n) is 6.54. The minimum Gasteiger partial charge on any atom is -0.493 e. The normalized spacial score (nSPS) is 14.9. The van der Waals surface area contributed by atoms with Crippen LogP contribution in [-0.4, -0.2) is 37.4 Å². The van der Waals surface area contributed by atoms with Gasteiger partial charge >= 0.3 is 0 Å². The smallest absolute Gasteiger partial charge is 0.232 e. The largest absolute Gasteiger partial charge is 0.493 e. The van der Waals surface area contributed by atoms with E-state index < -0.39 is 0 Å². The zero-order valence-corrected chi connectivity index (χ0v) is 11.5. The molecule has 3 rings (SSSR count). The molecular formula is C14H17N3O3. The molecule has 6 heteroatoms. The number of benzene rings is 1. The van der Waals surface area contributed by atoms with Crippen LogP contribution in [-0.2, 0) is 6.42 Å². The molecule has 1 aliphatic rings. The van der Waals surface area contributed by atoms with Crippen molar-refractivity contribution in [3.05, 3.63) is 35.5 Å². The minimum atomic E-state index is 0.363. The van der Waals surface area contributed by atoms with E-state index in [1.807, 2.05) is 18.2 Å². The molecule has 2 aromatic rings. The fraction of sp³-hybridized carbons (Fsp3) is 0.429. The summed E-state index contributed by atoms with van der Waals surface area (Å²) in [4.78, 5) is 4.44. The summed E-state index contributed by atoms with van der Waals surface area (Å²) in [5, 5.41) is 7.21. The van der Waals surface area contributed by atoms with Crippen molar-refractivity contribution in [2.24, 2.45) is 0 Å². The van der Waals surface area contributed by atoms with Crippen molar-refractivity contribution in [1.82, 2.24) is 15.5 Å². The van der Waals surface area contributed by atoms with Crippen LogP contribution in [0.4, 0.5) is 0 Å². The Bertz CT molecular complexity index is 593. The average molecular weight is 275 g/mol. The highest BCUT2D eigenvalue weighted by Gasteiger charge is 2.25. The predicted octanol–water partition coefficient (Wildman–Crippen LogP) is 1.36. The molecule has 0 amide bonds. The number of methoxy groups -OCH3 is 2. The van der Waals surface area contributed by atoms with Gasteiger partial charge in [0.05, 0.1) is 20.1 Å². The molecule has 1 N–H and O–H groups in total. The first-order chi connectivity index (χ1) is 9.80. The summed E-state index contributed by atoms with van der Waals surface area (Å²) in [6.07, 6.45) is 0.615. The van der Waals surface area contributed by atoms with Crippen molar-refractivity contribution in [2.75, 3.05) is 27.3 Å².